The number of anilines is 1. The summed E-state index contributed by atoms with van der Waals surface area (Å²) < 4.78 is 5.44. The maximum absolute atomic E-state index is 12.6. The zero-order chi connectivity index (χ0) is 21.8. The van der Waals surface area contributed by atoms with Crippen LogP contribution in [-0.2, 0) is 4.79 Å². The van der Waals surface area contributed by atoms with Crippen molar-refractivity contribution in [2.24, 2.45) is 0 Å². The lowest BCUT2D eigenvalue weighted by atomic mass is 10.1. The van der Waals surface area contributed by atoms with Crippen LogP contribution in [0.2, 0.25) is 0 Å². The van der Waals surface area contributed by atoms with E-state index in [1.165, 1.54) is 11.3 Å². The third-order valence-electron chi connectivity index (χ3n) is 4.60. The number of thiophene rings is 1. The van der Waals surface area contributed by atoms with E-state index in [1.54, 1.807) is 37.3 Å². The molecule has 156 valence electrons. The maximum Gasteiger partial charge on any atom is 0.270 e. The fourth-order valence-electron chi connectivity index (χ4n) is 2.97. The molecule has 8 heteroatoms. The van der Waals surface area contributed by atoms with Crippen molar-refractivity contribution in [2.45, 2.75) is 19.9 Å². The lowest BCUT2D eigenvalue weighted by Crippen LogP contribution is -2.41. The summed E-state index contributed by atoms with van der Waals surface area (Å²) in [4.78, 5) is 30.1. The Morgan fingerprint density at radius 3 is 2.65 bits per heavy atom. The Morgan fingerprint density at radius 1 is 1.06 bits per heavy atom. The van der Waals surface area contributed by atoms with Gasteiger partial charge in [0, 0.05) is 11.1 Å². The number of benzene rings is 2. The van der Waals surface area contributed by atoms with Crippen LogP contribution in [0, 0.1) is 6.92 Å². The van der Waals surface area contributed by atoms with E-state index in [0.29, 0.717) is 27.8 Å². The second kappa shape index (κ2) is 8.93. The third kappa shape index (κ3) is 4.70. The molecule has 4 rings (SSSR count). The van der Waals surface area contributed by atoms with E-state index in [1.807, 2.05) is 42.6 Å². The minimum Gasteiger partial charge on any atom is -0.341 e. The van der Waals surface area contributed by atoms with Gasteiger partial charge < -0.3 is 15.2 Å². The molecule has 0 saturated heterocycles. The van der Waals surface area contributed by atoms with E-state index in [-0.39, 0.29) is 11.8 Å². The standard InChI is InChI=1S/C23H20N4O3S/c1-14-7-6-10-17(13-14)20-26-23(30-27-20)19-18(11-12-31-19)25-21(28)15(2)24-22(29)16-8-4-3-5-9-16/h3-13,15H,1-2H3,(H,24,29)(H,25,28)/t15-/m1/s1. The van der Waals surface area contributed by atoms with Gasteiger partial charge in [-0.15, -0.1) is 11.3 Å². The second-order valence-electron chi connectivity index (χ2n) is 7.01. The summed E-state index contributed by atoms with van der Waals surface area (Å²) in [5, 5.41) is 11.4. The van der Waals surface area contributed by atoms with Crippen LogP contribution < -0.4 is 10.6 Å². The van der Waals surface area contributed by atoms with Crippen LogP contribution in [0.3, 0.4) is 0 Å². The van der Waals surface area contributed by atoms with Gasteiger partial charge in [0.2, 0.25) is 11.7 Å². The second-order valence-corrected chi connectivity index (χ2v) is 7.92. The summed E-state index contributed by atoms with van der Waals surface area (Å²) in [6, 6.07) is 17.6. The van der Waals surface area contributed by atoms with Crippen molar-refractivity contribution in [1.29, 1.82) is 0 Å². The number of rotatable bonds is 6. The third-order valence-corrected chi connectivity index (χ3v) is 5.50. The van der Waals surface area contributed by atoms with Gasteiger partial charge >= 0.3 is 0 Å². The number of hydrogen-bond donors (Lipinski definition) is 2. The minimum absolute atomic E-state index is 0.312. The van der Waals surface area contributed by atoms with Crippen LogP contribution in [0.4, 0.5) is 5.69 Å². The van der Waals surface area contributed by atoms with Crippen LogP contribution in [0.5, 0.6) is 0 Å². The molecule has 0 radical (unpaired) electrons. The monoisotopic (exact) mass is 432 g/mol. The van der Waals surface area contributed by atoms with Crippen LogP contribution in [0.25, 0.3) is 22.2 Å². The van der Waals surface area contributed by atoms with E-state index in [2.05, 4.69) is 20.8 Å². The quantitative estimate of drug-likeness (QED) is 0.467. The normalized spacial score (nSPS) is 11.7. The number of carbonyl (C=O) groups is 2. The van der Waals surface area contributed by atoms with E-state index >= 15 is 0 Å². The van der Waals surface area contributed by atoms with Crippen molar-refractivity contribution in [3.63, 3.8) is 0 Å². The van der Waals surface area contributed by atoms with Gasteiger partial charge in [-0.1, -0.05) is 47.1 Å². The zero-order valence-electron chi connectivity index (χ0n) is 17.0. The Morgan fingerprint density at radius 2 is 1.87 bits per heavy atom. The van der Waals surface area contributed by atoms with Gasteiger partial charge in [0.25, 0.3) is 11.8 Å². The largest absolute Gasteiger partial charge is 0.341 e. The molecule has 2 aromatic carbocycles. The van der Waals surface area contributed by atoms with Gasteiger partial charge in [0.15, 0.2) is 0 Å². The first-order valence-electron chi connectivity index (χ1n) is 9.66. The van der Waals surface area contributed by atoms with Crippen LogP contribution >= 0.6 is 11.3 Å². The Labute approximate surface area is 183 Å². The number of nitrogens with zero attached hydrogens (tertiary/aromatic N) is 2. The number of amides is 2. The molecule has 2 N–H and O–H groups in total. The molecule has 0 saturated carbocycles. The van der Waals surface area contributed by atoms with E-state index in [9.17, 15) is 9.59 Å². The highest BCUT2D eigenvalue weighted by molar-refractivity contribution is 7.14. The van der Waals surface area contributed by atoms with Crippen LogP contribution in [0.15, 0.2) is 70.6 Å². The Balaban J connectivity index is 1.46. The molecule has 0 unspecified atom stereocenters. The first-order valence-corrected chi connectivity index (χ1v) is 10.5. The summed E-state index contributed by atoms with van der Waals surface area (Å²) in [5.41, 5.74) is 3.00. The van der Waals surface area contributed by atoms with Crippen LogP contribution in [0.1, 0.15) is 22.8 Å². The number of nitrogens with one attached hydrogen (secondary N) is 2. The number of aromatic nitrogens is 2. The minimum atomic E-state index is -0.731. The van der Waals surface area contributed by atoms with Gasteiger partial charge in [-0.25, -0.2) is 0 Å². The summed E-state index contributed by atoms with van der Waals surface area (Å²) in [6.45, 7) is 3.62. The molecule has 2 amide bonds. The zero-order valence-corrected chi connectivity index (χ0v) is 17.8. The van der Waals surface area contributed by atoms with E-state index < -0.39 is 6.04 Å². The lowest BCUT2D eigenvalue weighted by molar-refractivity contribution is -0.117. The highest BCUT2D eigenvalue weighted by Gasteiger charge is 2.21. The lowest BCUT2D eigenvalue weighted by Gasteiger charge is -2.14. The average Bonchev–Trinajstić information content (AvgIpc) is 3.43. The highest BCUT2D eigenvalue weighted by atomic mass is 32.1. The highest BCUT2D eigenvalue weighted by Crippen LogP contribution is 2.33. The van der Waals surface area contributed by atoms with Gasteiger partial charge in [0.05, 0.1) is 5.69 Å². The van der Waals surface area contributed by atoms with Crippen LogP contribution in [-0.4, -0.2) is 28.0 Å². The van der Waals surface area contributed by atoms with Gasteiger partial charge in [0.1, 0.15) is 10.9 Å². The van der Waals surface area contributed by atoms with Crippen molar-refractivity contribution in [1.82, 2.24) is 15.5 Å². The summed E-state index contributed by atoms with van der Waals surface area (Å²) >= 11 is 1.38. The predicted octanol–water partition coefficient (Wildman–Crippen LogP) is 4.53. The molecule has 0 aliphatic heterocycles. The number of hydrogen-bond acceptors (Lipinski definition) is 6. The summed E-state index contributed by atoms with van der Waals surface area (Å²) in [7, 11) is 0. The van der Waals surface area contributed by atoms with Gasteiger partial charge in [-0.2, -0.15) is 4.98 Å². The van der Waals surface area contributed by atoms with Gasteiger partial charge in [-0.05, 0) is 43.5 Å². The first-order chi connectivity index (χ1) is 15.0. The molecule has 7 nitrogen and oxygen atoms in total. The summed E-state index contributed by atoms with van der Waals surface area (Å²) in [6.07, 6.45) is 0. The molecule has 0 bridgehead atoms. The molecule has 0 aliphatic carbocycles. The van der Waals surface area contributed by atoms with E-state index in [0.717, 1.165) is 11.1 Å². The van der Waals surface area contributed by atoms with Crippen molar-refractivity contribution in [2.75, 3.05) is 5.32 Å². The molecule has 2 aromatic heterocycles. The molecule has 2 heterocycles. The SMILES string of the molecule is Cc1cccc(-c2noc(-c3sccc3NC(=O)[C@@H](C)NC(=O)c3ccccc3)n2)c1. The molecule has 1 atom stereocenters. The average molecular weight is 433 g/mol. The van der Waals surface area contributed by atoms with Crippen molar-refractivity contribution < 1.29 is 14.1 Å². The van der Waals surface area contributed by atoms with Gasteiger partial charge in [-0.3, -0.25) is 9.59 Å². The van der Waals surface area contributed by atoms with Crippen molar-refractivity contribution in [3.8, 4) is 22.2 Å². The molecule has 4 aromatic rings. The molecule has 31 heavy (non-hydrogen) atoms. The number of aryl methyl sites for hydroxylation is 1. The summed E-state index contributed by atoms with van der Waals surface area (Å²) in [5.74, 6) is 0.145. The fraction of sp³-hybridized carbons (Fsp3) is 0.130. The van der Waals surface area contributed by atoms with E-state index in [4.69, 9.17) is 4.52 Å². The Kier molecular flexibility index (Phi) is 5.90. The molecule has 0 aliphatic rings. The predicted molar refractivity (Wildman–Crippen MR) is 120 cm³/mol. The molecular weight excluding hydrogens is 412 g/mol. The fourth-order valence-corrected chi connectivity index (χ4v) is 3.74. The van der Waals surface area contributed by atoms with Crippen molar-refractivity contribution >= 4 is 28.8 Å². The first kappa shape index (κ1) is 20.5. The Bertz CT molecular complexity index is 1220. The maximum atomic E-state index is 12.6. The number of carbonyl (C=O) groups excluding carboxylic acids is 2. The Hall–Kier alpha value is -3.78. The molecular formula is C23H20N4O3S. The molecule has 0 spiro atoms. The smallest absolute Gasteiger partial charge is 0.270 e. The molecule has 0 fully saturated rings. The topological polar surface area (TPSA) is 97.1 Å². The van der Waals surface area contributed by atoms with Crippen molar-refractivity contribution in [3.05, 3.63) is 77.2 Å².